The fourth-order valence-corrected chi connectivity index (χ4v) is 3.73. The molecule has 0 amide bonds. The van der Waals surface area contributed by atoms with Crippen LogP contribution in [0.15, 0.2) is 70.9 Å². The summed E-state index contributed by atoms with van der Waals surface area (Å²) in [6.45, 7) is 14.3. The van der Waals surface area contributed by atoms with Crippen molar-refractivity contribution in [1.82, 2.24) is 0 Å². The summed E-state index contributed by atoms with van der Waals surface area (Å²) >= 11 is 0. The van der Waals surface area contributed by atoms with Crippen molar-refractivity contribution < 1.29 is 38.1 Å². The van der Waals surface area contributed by atoms with E-state index in [0.717, 1.165) is 44.1 Å². The Balaban J connectivity index is 2.56. The van der Waals surface area contributed by atoms with Gasteiger partial charge in [0.05, 0.1) is 13.2 Å². The van der Waals surface area contributed by atoms with Crippen LogP contribution in [0.25, 0.3) is 6.08 Å². The lowest BCUT2D eigenvalue weighted by atomic mass is 10.0. The largest absolute Gasteiger partial charge is 0.513 e. The van der Waals surface area contributed by atoms with Crippen molar-refractivity contribution in [3.63, 3.8) is 0 Å². The lowest BCUT2D eigenvalue weighted by molar-refractivity contribution is -0.136. The fraction of sp³-hybridized carbons (Fsp3) is 0.457. The third-order valence-corrected chi connectivity index (χ3v) is 6.10. The first-order valence-electron chi connectivity index (χ1n) is 14.8. The van der Waals surface area contributed by atoms with Crippen LogP contribution < -0.4 is 9.47 Å². The van der Waals surface area contributed by atoms with Crippen LogP contribution in [-0.4, -0.2) is 38.1 Å². The zero-order valence-corrected chi connectivity index (χ0v) is 26.8. The van der Waals surface area contributed by atoms with Crippen molar-refractivity contribution in [1.29, 1.82) is 0 Å². The SMILES string of the molecule is CCOC(=O)Oc1ccc(/C=C/C(=O)OC/C=C(\C)CC/C=C(\C)CC/C=C(\C)CCC=C(C)C)cc1OC(=O)OCC. The molecule has 0 spiro atoms. The second kappa shape index (κ2) is 21.6. The van der Waals surface area contributed by atoms with Gasteiger partial charge in [0.15, 0.2) is 11.5 Å². The summed E-state index contributed by atoms with van der Waals surface area (Å²) in [5.74, 6) is -0.621. The van der Waals surface area contributed by atoms with E-state index in [1.165, 1.54) is 41.0 Å². The van der Waals surface area contributed by atoms with E-state index < -0.39 is 18.3 Å². The van der Waals surface area contributed by atoms with Crippen LogP contribution in [-0.2, 0) is 19.0 Å². The Bertz CT molecular complexity index is 1200. The molecule has 0 bridgehead atoms. The van der Waals surface area contributed by atoms with Crippen molar-refractivity contribution >= 4 is 24.4 Å². The monoisotopic (exact) mass is 596 g/mol. The normalized spacial score (nSPS) is 12.1. The maximum atomic E-state index is 12.2. The Hall–Kier alpha value is -4.07. The number of carbonyl (C=O) groups excluding carboxylic acids is 3. The Morgan fingerprint density at radius 2 is 1.16 bits per heavy atom. The number of hydrogen-bond donors (Lipinski definition) is 0. The average Bonchev–Trinajstić information content (AvgIpc) is 2.93. The molecular weight excluding hydrogens is 548 g/mol. The van der Waals surface area contributed by atoms with Crippen molar-refractivity contribution in [2.75, 3.05) is 19.8 Å². The summed E-state index contributed by atoms with van der Waals surface area (Å²) < 4.78 is 25.1. The summed E-state index contributed by atoms with van der Waals surface area (Å²) in [6.07, 6.45) is 15.9. The molecule has 0 N–H and O–H groups in total. The number of hydrogen-bond acceptors (Lipinski definition) is 8. The smallest absolute Gasteiger partial charge is 0.458 e. The molecule has 0 fully saturated rings. The van der Waals surface area contributed by atoms with Crippen LogP contribution in [0.4, 0.5) is 9.59 Å². The Morgan fingerprint density at radius 3 is 1.70 bits per heavy atom. The minimum Gasteiger partial charge on any atom is -0.458 e. The summed E-state index contributed by atoms with van der Waals surface area (Å²) in [5, 5.41) is 0. The van der Waals surface area contributed by atoms with Gasteiger partial charge in [-0.05, 0) is 117 Å². The highest BCUT2D eigenvalue weighted by atomic mass is 16.7. The Labute approximate surface area is 257 Å². The van der Waals surface area contributed by atoms with Crippen LogP contribution in [0.5, 0.6) is 11.5 Å². The lowest BCUT2D eigenvalue weighted by Crippen LogP contribution is -2.14. The van der Waals surface area contributed by atoms with Crippen LogP contribution >= 0.6 is 0 Å². The van der Waals surface area contributed by atoms with Gasteiger partial charge in [-0.1, -0.05) is 46.6 Å². The zero-order valence-electron chi connectivity index (χ0n) is 26.8. The van der Waals surface area contributed by atoms with Gasteiger partial charge in [0, 0.05) is 6.08 Å². The summed E-state index contributed by atoms with van der Waals surface area (Å²) in [6, 6.07) is 4.43. The molecule has 0 heterocycles. The number of rotatable bonds is 17. The lowest BCUT2D eigenvalue weighted by Gasteiger charge is -2.11. The first kappa shape index (κ1) is 37.0. The third kappa shape index (κ3) is 18.2. The van der Waals surface area contributed by atoms with E-state index in [-0.39, 0.29) is 31.3 Å². The molecule has 0 atom stereocenters. The molecule has 0 saturated heterocycles. The molecule has 1 aromatic rings. The molecule has 43 heavy (non-hydrogen) atoms. The first-order chi connectivity index (χ1) is 20.5. The highest BCUT2D eigenvalue weighted by molar-refractivity contribution is 5.87. The minimum absolute atomic E-state index is 0.0328. The summed E-state index contributed by atoms with van der Waals surface area (Å²) in [4.78, 5) is 35.7. The molecule has 8 heteroatoms. The maximum absolute atomic E-state index is 12.2. The second-order valence-corrected chi connectivity index (χ2v) is 10.3. The van der Waals surface area contributed by atoms with E-state index in [1.807, 2.05) is 13.0 Å². The highest BCUT2D eigenvalue weighted by Gasteiger charge is 2.15. The van der Waals surface area contributed by atoms with E-state index in [2.05, 4.69) is 45.9 Å². The highest BCUT2D eigenvalue weighted by Crippen LogP contribution is 2.30. The molecule has 1 rings (SSSR count). The number of ether oxygens (including phenoxy) is 5. The first-order valence-corrected chi connectivity index (χ1v) is 14.8. The minimum atomic E-state index is -0.960. The molecule has 0 aliphatic heterocycles. The van der Waals surface area contributed by atoms with Crippen molar-refractivity contribution in [2.24, 2.45) is 0 Å². The number of benzene rings is 1. The number of allylic oxidation sites excluding steroid dienone is 7. The second-order valence-electron chi connectivity index (χ2n) is 10.3. The van der Waals surface area contributed by atoms with Crippen LogP contribution in [0.1, 0.15) is 92.6 Å². The van der Waals surface area contributed by atoms with Gasteiger partial charge >= 0.3 is 18.3 Å². The molecule has 0 aliphatic rings. The molecular formula is C35H48O8. The maximum Gasteiger partial charge on any atom is 0.513 e. The number of esters is 1. The standard InChI is InChI=1S/C35H48O8/c1-8-39-34(37)42-31-21-19-30(25-32(31)43-35(38)40-9-2)20-22-33(36)41-24-23-29(7)18-12-17-28(6)16-11-15-27(5)14-10-13-26(3)4/h13,15,17,19-23,25H,8-12,14,16,18,24H2,1-7H3/b22-20+,27-15+,28-17+,29-23+. The Morgan fingerprint density at radius 1 is 0.651 bits per heavy atom. The van der Waals surface area contributed by atoms with Crippen LogP contribution in [0.2, 0.25) is 0 Å². The van der Waals surface area contributed by atoms with Crippen LogP contribution in [0.3, 0.4) is 0 Å². The molecule has 0 radical (unpaired) electrons. The van der Waals surface area contributed by atoms with Crippen molar-refractivity contribution in [3.8, 4) is 11.5 Å². The average molecular weight is 597 g/mol. The molecule has 236 valence electrons. The predicted octanol–water partition coefficient (Wildman–Crippen LogP) is 9.46. The zero-order chi connectivity index (χ0) is 32.0. The van der Waals surface area contributed by atoms with Gasteiger partial charge in [-0.3, -0.25) is 0 Å². The van der Waals surface area contributed by atoms with Gasteiger partial charge in [-0.2, -0.15) is 0 Å². The summed E-state index contributed by atoms with van der Waals surface area (Å²) in [5.41, 5.74) is 5.85. The van der Waals surface area contributed by atoms with E-state index in [0.29, 0.717) is 5.56 Å². The van der Waals surface area contributed by atoms with Gasteiger partial charge < -0.3 is 23.7 Å². The van der Waals surface area contributed by atoms with E-state index in [9.17, 15) is 14.4 Å². The predicted molar refractivity (Wildman–Crippen MR) is 170 cm³/mol. The van der Waals surface area contributed by atoms with Crippen LogP contribution in [0, 0.1) is 0 Å². The molecule has 8 nitrogen and oxygen atoms in total. The van der Waals surface area contributed by atoms with Gasteiger partial charge in [0.1, 0.15) is 6.61 Å². The van der Waals surface area contributed by atoms with Crippen molar-refractivity contribution in [3.05, 3.63) is 76.4 Å². The molecule has 1 aromatic carbocycles. The topological polar surface area (TPSA) is 97.4 Å². The molecule has 0 aliphatic carbocycles. The molecule has 0 saturated carbocycles. The third-order valence-electron chi connectivity index (χ3n) is 6.10. The number of carbonyl (C=O) groups is 3. The fourth-order valence-electron chi connectivity index (χ4n) is 3.73. The van der Waals surface area contributed by atoms with Gasteiger partial charge in [-0.15, -0.1) is 0 Å². The van der Waals surface area contributed by atoms with Gasteiger partial charge in [0.25, 0.3) is 0 Å². The quantitative estimate of drug-likeness (QED) is 0.0577. The molecule has 0 unspecified atom stereocenters. The van der Waals surface area contributed by atoms with E-state index in [1.54, 1.807) is 19.9 Å². The van der Waals surface area contributed by atoms with E-state index in [4.69, 9.17) is 23.7 Å². The van der Waals surface area contributed by atoms with Gasteiger partial charge in [0.2, 0.25) is 0 Å². The Kier molecular flexibility index (Phi) is 18.6. The van der Waals surface area contributed by atoms with Crippen molar-refractivity contribution in [2.45, 2.75) is 87.0 Å². The van der Waals surface area contributed by atoms with E-state index >= 15 is 0 Å². The van der Waals surface area contributed by atoms with Gasteiger partial charge in [-0.25, -0.2) is 14.4 Å². The molecule has 0 aromatic heterocycles. The summed E-state index contributed by atoms with van der Waals surface area (Å²) in [7, 11) is 0.